The molecule has 0 spiro atoms. The van der Waals surface area contributed by atoms with E-state index in [0.717, 1.165) is 11.5 Å². The fourth-order valence-corrected chi connectivity index (χ4v) is 1.07. The molecule has 13 heavy (non-hydrogen) atoms. The molecule has 0 bridgehead atoms. The summed E-state index contributed by atoms with van der Waals surface area (Å²) in [5.74, 6) is 0.102. The maximum Gasteiger partial charge on any atom is 0.141 e. The number of phenols is 1. The van der Waals surface area contributed by atoms with Crippen molar-refractivity contribution in [2.75, 3.05) is 5.06 Å². The Kier molecular flexibility index (Phi) is 3.14. The molecule has 0 radical (unpaired) electrons. The van der Waals surface area contributed by atoms with Gasteiger partial charge in [0, 0.05) is 0 Å². The molecule has 0 aliphatic heterocycles. The van der Waals surface area contributed by atoms with Crippen LogP contribution in [0.15, 0.2) is 24.3 Å². The lowest BCUT2D eigenvalue weighted by Crippen LogP contribution is -2.28. The summed E-state index contributed by atoms with van der Waals surface area (Å²) in [6.07, 6.45) is 0.824. The van der Waals surface area contributed by atoms with Crippen LogP contribution in [0.4, 0.5) is 5.69 Å². The number of anilines is 1. The summed E-state index contributed by atoms with van der Waals surface area (Å²) in [6, 6.07) is 6.75. The highest BCUT2D eigenvalue weighted by Crippen LogP contribution is 2.26. The van der Waals surface area contributed by atoms with Gasteiger partial charge in [-0.3, -0.25) is 10.3 Å². The predicted octanol–water partition coefficient (Wildman–Crippen LogP) is 2.39. The van der Waals surface area contributed by atoms with Gasteiger partial charge in [0.05, 0.1) is 6.04 Å². The molecule has 0 amide bonds. The topological polar surface area (TPSA) is 43.7 Å². The molecular weight excluding hydrogens is 166 g/mol. The van der Waals surface area contributed by atoms with Crippen LogP contribution < -0.4 is 5.06 Å². The van der Waals surface area contributed by atoms with E-state index in [1.54, 1.807) is 24.3 Å². The van der Waals surface area contributed by atoms with E-state index in [4.69, 9.17) is 0 Å². The standard InChI is InChI=1S/C10H15NO2/c1-3-8(2)11(13)9-6-4-5-7-10(9)12/h4-8,12-13H,3H2,1-2H3. The Labute approximate surface area is 78.2 Å². The van der Waals surface area contributed by atoms with Crippen LogP contribution in [0.25, 0.3) is 0 Å². The minimum atomic E-state index is 0.00769. The molecule has 1 rings (SSSR count). The normalized spacial score (nSPS) is 12.5. The third-order valence-electron chi connectivity index (χ3n) is 2.14. The average Bonchev–Trinajstić information content (AvgIpc) is 2.16. The molecule has 3 heteroatoms. The van der Waals surface area contributed by atoms with E-state index in [1.807, 2.05) is 13.8 Å². The van der Waals surface area contributed by atoms with Crippen LogP contribution >= 0.6 is 0 Å². The number of hydroxylamine groups is 1. The van der Waals surface area contributed by atoms with Gasteiger partial charge in [-0.25, -0.2) is 0 Å². The van der Waals surface area contributed by atoms with Crippen molar-refractivity contribution < 1.29 is 10.3 Å². The van der Waals surface area contributed by atoms with Crippen LogP contribution in [0.5, 0.6) is 5.75 Å². The Morgan fingerprint density at radius 2 is 2.00 bits per heavy atom. The first-order valence-corrected chi connectivity index (χ1v) is 4.43. The molecule has 0 saturated carbocycles. The van der Waals surface area contributed by atoms with Crippen LogP contribution in [-0.2, 0) is 0 Å². The third-order valence-corrected chi connectivity index (χ3v) is 2.14. The maximum absolute atomic E-state index is 9.64. The lowest BCUT2D eigenvalue weighted by molar-refractivity contribution is 0.216. The highest BCUT2D eigenvalue weighted by atomic mass is 16.5. The zero-order valence-electron chi connectivity index (χ0n) is 7.94. The lowest BCUT2D eigenvalue weighted by Gasteiger charge is -2.23. The van der Waals surface area contributed by atoms with Crippen molar-refractivity contribution in [3.63, 3.8) is 0 Å². The molecule has 0 saturated heterocycles. The molecule has 1 atom stereocenters. The quantitative estimate of drug-likeness (QED) is 0.704. The lowest BCUT2D eigenvalue weighted by atomic mass is 10.2. The van der Waals surface area contributed by atoms with Crippen molar-refractivity contribution in [3.05, 3.63) is 24.3 Å². The summed E-state index contributed by atoms with van der Waals surface area (Å²) in [5, 5.41) is 20.2. The fraction of sp³-hybridized carbons (Fsp3) is 0.400. The summed E-state index contributed by atoms with van der Waals surface area (Å²) in [6.45, 7) is 3.88. The first kappa shape index (κ1) is 9.86. The minimum absolute atomic E-state index is 0.00769. The first-order chi connectivity index (χ1) is 6.16. The van der Waals surface area contributed by atoms with E-state index >= 15 is 0 Å². The molecule has 1 aromatic rings. The van der Waals surface area contributed by atoms with Crippen molar-refractivity contribution in [2.45, 2.75) is 26.3 Å². The molecular formula is C10H15NO2. The van der Waals surface area contributed by atoms with E-state index in [2.05, 4.69) is 0 Å². The van der Waals surface area contributed by atoms with Gasteiger partial charge < -0.3 is 5.11 Å². The Morgan fingerprint density at radius 1 is 1.38 bits per heavy atom. The van der Waals surface area contributed by atoms with E-state index < -0.39 is 0 Å². The van der Waals surface area contributed by atoms with Gasteiger partial charge in [-0.2, -0.15) is 0 Å². The van der Waals surface area contributed by atoms with Crippen molar-refractivity contribution in [2.24, 2.45) is 0 Å². The van der Waals surface area contributed by atoms with Crippen molar-refractivity contribution in [1.29, 1.82) is 0 Å². The summed E-state index contributed by atoms with van der Waals surface area (Å²) in [7, 11) is 0. The van der Waals surface area contributed by atoms with Crippen molar-refractivity contribution in [3.8, 4) is 5.75 Å². The number of hydrogen-bond donors (Lipinski definition) is 2. The molecule has 2 N–H and O–H groups in total. The number of nitrogens with zero attached hydrogens (tertiary/aromatic N) is 1. The van der Waals surface area contributed by atoms with Gasteiger partial charge in [-0.1, -0.05) is 19.1 Å². The molecule has 0 heterocycles. The van der Waals surface area contributed by atoms with E-state index in [1.165, 1.54) is 0 Å². The molecule has 1 aromatic carbocycles. The zero-order valence-corrected chi connectivity index (χ0v) is 7.94. The van der Waals surface area contributed by atoms with Gasteiger partial charge in [0.1, 0.15) is 11.4 Å². The smallest absolute Gasteiger partial charge is 0.141 e. The summed E-state index contributed by atoms with van der Waals surface area (Å²) in [5.41, 5.74) is 0.455. The van der Waals surface area contributed by atoms with E-state index in [-0.39, 0.29) is 11.8 Å². The molecule has 1 unspecified atom stereocenters. The van der Waals surface area contributed by atoms with Crippen LogP contribution in [0.1, 0.15) is 20.3 Å². The fourth-order valence-electron chi connectivity index (χ4n) is 1.07. The van der Waals surface area contributed by atoms with Crippen LogP contribution in [0.2, 0.25) is 0 Å². The molecule has 0 aliphatic carbocycles. The van der Waals surface area contributed by atoms with Gasteiger partial charge >= 0.3 is 0 Å². The number of para-hydroxylation sites is 2. The van der Waals surface area contributed by atoms with Gasteiger partial charge in [0.2, 0.25) is 0 Å². The SMILES string of the molecule is CCC(C)N(O)c1ccccc1O. The summed E-state index contributed by atoms with van der Waals surface area (Å²) < 4.78 is 0. The zero-order chi connectivity index (χ0) is 9.84. The Balaban J connectivity index is 2.88. The molecule has 72 valence electrons. The molecule has 3 nitrogen and oxygen atoms in total. The average molecular weight is 181 g/mol. The molecule has 0 aromatic heterocycles. The highest BCUT2D eigenvalue weighted by Gasteiger charge is 2.12. The van der Waals surface area contributed by atoms with Crippen LogP contribution in [0.3, 0.4) is 0 Å². The summed E-state index contributed by atoms with van der Waals surface area (Å²) in [4.78, 5) is 0. The van der Waals surface area contributed by atoms with Crippen molar-refractivity contribution >= 4 is 5.69 Å². The van der Waals surface area contributed by atoms with E-state index in [9.17, 15) is 10.3 Å². The predicted molar refractivity (Wildman–Crippen MR) is 52.1 cm³/mol. The molecule has 0 aliphatic rings. The monoisotopic (exact) mass is 181 g/mol. The highest BCUT2D eigenvalue weighted by molar-refractivity contribution is 5.55. The number of rotatable bonds is 3. The Bertz CT molecular complexity index is 275. The molecule has 0 fully saturated rings. The largest absolute Gasteiger partial charge is 0.506 e. The second-order valence-corrected chi connectivity index (χ2v) is 3.09. The number of hydrogen-bond acceptors (Lipinski definition) is 3. The van der Waals surface area contributed by atoms with Gasteiger partial charge in [-0.05, 0) is 25.5 Å². The van der Waals surface area contributed by atoms with Crippen LogP contribution in [-0.4, -0.2) is 16.4 Å². The first-order valence-electron chi connectivity index (χ1n) is 4.43. The second kappa shape index (κ2) is 4.14. The van der Waals surface area contributed by atoms with Crippen LogP contribution in [0, 0.1) is 0 Å². The maximum atomic E-state index is 9.64. The Morgan fingerprint density at radius 3 is 2.54 bits per heavy atom. The Hall–Kier alpha value is -1.22. The third kappa shape index (κ3) is 2.12. The number of phenolic OH excluding ortho intramolecular Hbond substituents is 1. The van der Waals surface area contributed by atoms with Gasteiger partial charge in [0.15, 0.2) is 0 Å². The number of benzene rings is 1. The van der Waals surface area contributed by atoms with E-state index in [0.29, 0.717) is 5.69 Å². The van der Waals surface area contributed by atoms with Crippen molar-refractivity contribution in [1.82, 2.24) is 0 Å². The number of aromatic hydroxyl groups is 1. The summed E-state index contributed by atoms with van der Waals surface area (Å²) >= 11 is 0. The second-order valence-electron chi connectivity index (χ2n) is 3.09. The minimum Gasteiger partial charge on any atom is -0.506 e. The van der Waals surface area contributed by atoms with Gasteiger partial charge in [0.25, 0.3) is 0 Å². The van der Waals surface area contributed by atoms with Gasteiger partial charge in [-0.15, -0.1) is 0 Å².